The largest absolute Gasteiger partial charge is 0.381 e. The average Bonchev–Trinajstić information content (AvgIpc) is 3.38. The minimum atomic E-state index is -0.324. The van der Waals surface area contributed by atoms with Gasteiger partial charge in [-0.25, -0.2) is 0 Å². The van der Waals surface area contributed by atoms with Crippen LogP contribution in [0, 0.1) is 5.92 Å². The van der Waals surface area contributed by atoms with Crippen molar-refractivity contribution >= 4 is 11.6 Å². The fraction of sp³-hybridized carbons (Fsp3) is 0.278. The molecule has 1 aromatic carbocycles. The minimum Gasteiger partial charge on any atom is -0.381 e. The second-order valence-corrected chi connectivity index (χ2v) is 6.08. The zero-order chi connectivity index (χ0) is 17.1. The molecule has 1 unspecified atom stereocenters. The molecule has 7 nitrogen and oxygen atoms in total. The Morgan fingerprint density at radius 1 is 1.32 bits per heavy atom. The van der Waals surface area contributed by atoms with Crippen LogP contribution in [0.5, 0.6) is 0 Å². The first-order valence-electron chi connectivity index (χ1n) is 8.21. The molecule has 1 N–H and O–H groups in total. The lowest BCUT2D eigenvalue weighted by molar-refractivity contribution is 0.101. The average molecular weight is 338 g/mol. The van der Waals surface area contributed by atoms with Crippen LogP contribution >= 0.6 is 0 Å². The fourth-order valence-corrected chi connectivity index (χ4v) is 2.84. The second-order valence-electron chi connectivity index (χ2n) is 6.08. The molecule has 1 aliphatic rings. The second kappa shape index (κ2) is 6.90. The van der Waals surface area contributed by atoms with Crippen molar-refractivity contribution in [1.29, 1.82) is 0 Å². The van der Waals surface area contributed by atoms with Crippen LogP contribution in [0.25, 0.3) is 11.3 Å². The lowest BCUT2D eigenvalue weighted by Crippen LogP contribution is -2.12. The first-order valence-corrected chi connectivity index (χ1v) is 8.21. The number of nitrogens with one attached hydrogen (secondary N) is 1. The summed E-state index contributed by atoms with van der Waals surface area (Å²) in [5, 5.41) is 10.9. The fourth-order valence-electron chi connectivity index (χ4n) is 2.84. The molecular formula is C18H18N4O3. The molecule has 0 spiro atoms. The van der Waals surface area contributed by atoms with Crippen LogP contribution in [0.1, 0.15) is 16.9 Å². The van der Waals surface area contributed by atoms with Crippen LogP contribution in [0.3, 0.4) is 0 Å². The number of anilines is 1. The zero-order valence-electron chi connectivity index (χ0n) is 13.6. The van der Waals surface area contributed by atoms with Crippen LogP contribution in [-0.2, 0) is 11.3 Å². The Kier molecular flexibility index (Phi) is 4.30. The number of carbonyl (C=O) groups excluding carboxylic acids is 1. The molecule has 0 bridgehead atoms. The number of hydrogen-bond acceptors (Lipinski definition) is 5. The molecule has 0 aliphatic carbocycles. The van der Waals surface area contributed by atoms with Crippen molar-refractivity contribution in [2.45, 2.75) is 13.0 Å². The standard InChI is InChI=1S/C18H18N4O3/c23-18(16-8-17(25-21-16)14-4-2-1-3-5-14)20-15-9-19-22(11-15)10-13-6-7-24-12-13/h1-5,8-9,11,13H,6-7,10,12H2,(H,20,23). The summed E-state index contributed by atoms with van der Waals surface area (Å²) in [4.78, 5) is 12.3. The molecule has 1 atom stereocenters. The van der Waals surface area contributed by atoms with Crippen molar-refractivity contribution in [1.82, 2.24) is 14.9 Å². The van der Waals surface area contributed by atoms with Gasteiger partial charge in [0.1, 0.15) is 0 Å². The summed E-state index contributed by atoms with van der Waals surface area (Å²) in [6.07, 6.45) is 4.49. The number of rotatable bonds is 5. The highest BCUT2D eigenvalue weighted by atomic mass is 16.5. The molecule has 128 valence electrons. The summed E-state index contributed by atoms with van der Waals surface area (Å²) in [6, 6.07) is 11.2. The van der Waals surface area contributed by atoms with Gasteiger partial charge in [-0.1, -0.05) is 35.5 Å². The van der Waals surface area contributed by atoms with Crippen LogP contribution in [0.2, 0.25) is 0 Å². The van der Waals surface area contributed by atoms with Gasteiger partial charge in [0.2, 0.25) is 0 Å². The Morgan fingerprint density at radius 2 is 2.20 bits per heavy atom. The molecule has 0 saturated carbocycles. The third-order valence-electron chi connectivity index (χ3n) is 4.16. The molecule has 3 aromatic rings. The monoisotopic (exact) mass is 338 g/mol. The first kappa shape index (κ1) is 15.6. The van der Waals surface area contributed by atoms with Crippen LogP contribution in [0.15, 0.2) is 53.3 Å². The van der Waals surface area contributed by atoms with Crippen LogP contribution in [-0.4, -0.2) is 34.1 Å². The van der Waals surface area contributed by atoms with E-state index in [0.29, 0.717) is 17.4 Å². The summed E-state index contributed by atoms with van der Waals surface area (Å²) < 4.78 is 12.5. The third kappa shape index (κ3) is 3.61. The van der Waals surface area contributed by atoms with Gasteiger partial charge in [-0.05, 0) is 6.42 Å². The van der Waals surface area contributed by atoms with Crippen LogP contribution < -0.4 is 5.32 Å². The lowest BCUT2D eigenvalue weighted by Gasteiger charge is -2.06. The van der Waals surface area contributed by atoms with E-state index in [1.165, 1.54) is 0 Å². The molecule has 7 heteroatoms. The van der Waals surface area contributed by atoms with Gasteiger partial charge >= 0.3 is 0 Å². The molecule has 0 radical (unpaired) electrons. The molecule has 1 aliphatic heterocycles. The van der Waals surface area contributed by atoms with Crippen molar-refractivity contribution in [2.24, 2.45) is 5.92 Å². The highest BCUT2D eigenvalue weighted by Crippen LogP contribution is 2.20. The normalized spacial score (nSPS) is 16.9. The topological polar surface area (TPSA) is 82.2 Å². The Hall–Kier alpha value is -2.93. The number of benzene rings is 1. The van der Waals surface area contributed by atoms with E-state index in [4.69, 9.17) is 9.26 Å². The van der Waals surface area contributed by atoms with E-state index in [-0.39, 0.29) is 11.6 Å². The van der Waals surface area contributed by atoms with Crippen LogP contribution in [0.4, 0.5) is 5.69 Å². The quantitative estimate of drug-likeness (QED) is 0.773. The van der Waals surface area contributed by atoms with Gasteiger partial charge in [0.15, 0.2) is 11.5 Å². The molecular weight excluding hydrogens is 320 g/mol. The van der Waals surface area contributed by atoms with Gasteiger partial charge in [0.05, 0.1) is 18.5 Å². The predicted molar refractivity (Wildman–Crippen MR) is 91.0 cm³/mol. The van der Waals surface area contributed by atoms with Gasteiger partial charge in [-0.15, -0.1) is 0 Å². The zero-order valence-corrected chi connectivity index (χ0v) is 13.6. The Labute approximate surface area is 144 Å². The van der Waals surface area contributed by atoms with E-state index in [2.05, 4.69) is 15.6 Å². The maximum Gasteiger partial charge on any atom is 0.277 e. The number of amides is 1. The number of carbonyl (C=O) groups is 1. The SMILES string of the molecule is O=C(Nc1cnn(CC2CCOC2)c1)c1cc(-c2ccccc2)on1. The van der Waals surface area contributed by atoms with Gasteiger partial charge in [0, 0.05) is 36.9 Å². The summed E-state index contributed by atoms with van der Waals surface area (Å²) >= 11 is 0. The van der Waals surface area contributed by atoms with Crippen molar-refractivity contribution in [3.05, 3.63) is 54.5 Å². The summed E-state index contributed by atoms with van der Waals surface area (Å²) in [5.41, 5.74) is 1.74. The maximum atomic E-state index is 12.3. The van der Waals surface area contributed by atoms with Crippen molar-refractivity contribution < 1.29 is 14.1 Å². The number of nitrogens with zero attached hydrogens (tertiary/aromatic N) is 3. The number of aromatic nitrogens is 3. The molecule has 1 amide bonds. The van der Waals surface area contributed by atoms with Crippen molar-refractivity contribution in [2.75, 3.05) is 18.5 Å². The van der Waals surface area contributed by atoms with E-state index >= 15 is 0 Å². The lowest BCUT2D eigenvalue weighted by atomic mass is 10.1. The molecule has 1 saturated heterocycles. The smallest absolute Gasteiger partial charge is 0.277 e. The first-order chi connectivity index (χ1) is 12.3. The Balaban J connectivity index is 1.40. The Bertz CT molecular complexity index is 850. The summed E-state index contributed by atoms with van der Waals surface area (Å²) in [5.74, 6) is 0.713. The van der Waals surface area contributed by atoms with Gasteiger partial charge < -0.3 is 14.6 Å². The number of ether oxygens (including phenoxy) is 1. The summed E-state index contributed by atoms with van der Waals surface area (Å²) in [7, 11) is 0. The van der Waals surface area contributed by atoms with Crippen molar-refractivity contribution in [3.8, 4) is 11.3 Å². The minimum absolute atomic E-state index is 0.232. The van der Waals surface area contributed by atoms with Gasteiger partial charge in [-0.2, -0.15) is 5.10 Å². The van der Waals surface area contributed by atoms with E-state index in [1.807, 2.05) is 41.2 Å². The highest BCUT2D eigenvalue weighted by molar-refractivity contribution is 6.03. The molecule has 25 heavy (non-hydrogen) atoms. The Morgan fingerprint density at radius 3 is 3.00 bits per heavy atom. The van der Waals surface area contributed by atoms with E-state index in [0.717, 1.165) is 31.7 Å². The predicted octanol–water partition coefficient (Wildman–Crippen LogP) is 2.83. The molecule has 1 fully saturated rings. The van der Waals surface area contributed by atoms with Gasteiger partial charge in [0.25, 0.3) is 5.91 Å². The van der Waals surface area contributed by atoms with Crippen molar-refractivity contribution in [3.63, 3.8) is 0 Å². The number of hydrogen-bond donors (Lipinski definition) is 1. The van der Waals surface area contributed by atoms with E-state index in [1.54, 1.807) is 12.3 Å². The van der Waals surface area contributed by atoms with Gasteiger partial charge in [-0.3, -0.25) is 9.48 Å². The molecule has 4 rings (SSSR count). The molecule has 3 heterocycles. The van der Waals surface area contributed by atoms with E-state index in [9.17, 15) is 4.79 Å². The molecule has 2 aromatic heterocycles. The highest BCUT2D eigenvalue weighted by Gasteiger charge is 2.18. The summed E-state index contributed by atoms with van der Waals surface area (Å²) in [6.45, 7) is 2.37. The third-order valence-corrected chi connectivity index (χ3v) is 4.16. The maximum absolute atomic E-state index is 12.3. The van der Waals surface area contributed by atoms with E-state index < -0.39 is 0 Å².